The zero-order chi connectivity index (χ0) is 14.1. The predicted octanol–water partition coefficient (Wildman–Crippen LogP) is 4.26. The Morgan fingerprint density at radius 1 is 1.50 bits per heavy atom. The second kappa shape index (κ2) is 5.27. The molecule has 100 valence electrons. The van der Waals surface area contributed by atoms with Crippen LogP contribution in [-0.2, 0) is 5.33 Å². The number of thiazole rings is 1. The van der Waals surface area contributed by atoms with Crippen molar-refractivity contribution in [3.05, 3.63) is 46.6 Å². The van der Waals surface area contributed by atoms with Crippen LogP contribution in [-0.4, -0.2) is 9.38 Å². The third kappa shape index (κ3) is 2.19. The fraction of sp³-hybridized carbons (Fsp3) is 0.143. The number of nitrogens with zero attached hydrogens (tertiary/aromatic N) is 3. The van der Waals surface area contributed by atoms with E-state index in [1.807, 2.05) is 29.0 Å². The molecule has 0 N–H and O–H groups in total. The Labute approximate surface area is 128 Å². The van der Waals surface area contributed by atoms with Crippen molar-refractivity contribution in [2.75, 3.05) is 0 Å². The van der Waals surface area contributed by atoms with Gasteiger partial charge in [-0.1, -0.05) is 22.0 Å². The number of benzene rings is 1. The highest BCUT2D eigenvalue weighted by Gasteiger charge is 2.15. The van der Waals surface area contributed by atoms with Crippen LogP contribution >= 0.6 is 27.3 Å². The molecule has 3 aromatic rings. The molecule has 0 unspecified atom stereocenters. The van der Waals surface area contributed by atoms with Gasteiger partial charge in [0.05, 0.1) is 17.3 Å². The van der Waals surface area contributed by atoms with E-state index >= 15 is 0 Å². The molecule has 0 atom stereocenters. The first-order chi connectivity index (χ1) is 9.72. The zero-order valence-electron chi connectivity index (χ0n) is 10.6. The molecule has 0 amide bonds. The molecule has 0 bridgehead atoms. The number of hydrogen-bond donors (Lipinski definition) is 0. The summed E-state index contributed by atoms with van der Waals surface area (Å²) in [6, 6.07) is 7.51. The molecular weight excluding hydrogens is 338 g/mol. The standard InChI is InChI=1S/C14H10BrN3OS/c1-9-2-3-10(8-16)6-12(9)19-13-11(7-15)18-4-5-20-14(18)17-13/h2-6H,7H2,1H3. The number of alkyl halides is 1. The van der Waals surface area contributed by atoms with Gasteiger partial charge >= 0.3 is 0 Å². The van der Waals surface area contributed by atoms with Gasteiger partial charge in [0.15, 0.2) is 4.96 Å². The monoisotopic (exact) mass is 347 g/mol. The van der Waals surface area contributed by atoms with Crippen molar-refractivity contribution in [1.29, 1.82) is 5.26 Å². The van der Waals surface area contributed by atoms with E-state index in [1.54, 1.807) is 23.5 Å². The lowest BCUT2D eigenvalue weighted by Gasteiger charge is -2.07. The summed E-state index contributed by atoms with van der Waals surface area (Å²) in [6.07, 6.45) is 1.97. The van der Waals surface area contributed by atoms with Crippen LogP contribution in [0.25, 0.3) is 4.96 Å². The quantitative estimate of drug-likeness (QED) is 0.665. The molecule has 0 aliphatic heterocycles. The first kappa shape index (κ1) is 13.2. The first-order valence-corrected chi connectivity index (χ1v) is 7.92. The van der Waals surface area contributed by atoms with Gasteiger partial charge in [-0.25, -0.2) is 0 Å². The zero-order valence-corrected chi connectivity index (χ0v) is 13.0. The Kier molecular flexibility index (Phi) is 3.47. The summed E-state index contributed by atoms with van der Waals surface area (Å²) in [7, 11) is 0. The molecule has 2 heterocycles. The Hall–Kier alpha value is -1.84. The molecule has 0 aliphatic rings. The van der Waals surface area contributed by atoms with Crippen LogP contribution in [0.1, 0.15) is 16.8 Å². The molecular formula is C14H10BrN3OS. The summed E-state index contributed by atoms with van der Waals surface area (Å²) < 4.78 is 7.91. The van der Waals surface area contributed by atoms with Crippen LogP contribution in [0.15, 0.2) is 29.8 Å². The van der Waals surface area contributed by atoms with Gasteiger partial charge in [-0.05, 0) is 24.6 Å². The predicted molar refractivity (Wildman–Crippen MR) is 81.7 cm³/mol. The summed E-state index contributed by atoms with van der Waals surface area (Å²) in [5.41, 5.74) is 2.51. The number of aryl methyl sites for hydroxylation is 1. The Bertz CT molecular complexity index is 816. The van der Waals surface area contributed by atoms with E-state index in [4.69, 9.17) is 10.00 Å². The van der Waals surface area contributed by atoms with Crippen molar-refractivity contribution in [1.82, 2.24) is 9.38 Å². The maximum Gasteiger partial charge on any atom is 0.243 e. The van der Waals surface area contributed by atoms with Crippen molar-refractivity contribution in [2.45, 2.75) is 12.3 Å². The minimum absolute atomic E-state index is 0.576. The third-order valence-corrected chi connectivity index (χ3v) is 4.26. The number of halogens is 1. The number of fused-ring (bicyclic) bond motifs is 1. The van der Waals surface area contributed by atoms with Gasteiger partial charge in [-0.2, -0.15) is 10.2 Å². The van der Waals surface area contributed by atoms with Crippen molar-refractivity contribution in [2.24, 2.45) is 0 Å². The van der Waals surface area contributed by atoms with Crippen LogP contribution in [0, 0.1) is 18.3 Å². The fourth-order valence-electron chi connectivity index (χ4n) is 1.90. The second-order valence-corrected chi connectivity index (χ2v) is 5.68. The van der Waals surface area contributed by atoms with Crippen LogP contribution in [0.5, 0.6) is 11.6 Å². The largest absolute Gasteiger partial charge is 0.437 e. The molecule has 0 fully saturated rings. The third-order valence-electron chi connectivity index (χ3n) is 2.97. The van der Waals surface area contributed by atoms with E-state index in [9.17, 15) is 0 Å². The first-order valence-electron chi connectivity index (χ1n) is 5.92. The summed E-state index contributed by atoms with van der Waals surface area (Å²) >= 11 is 5.02. The molecule has 2 aromatic heterocycles. The van der Waals surface area contributed by atoms with Crippen molar-refractivity contribution in [3.63, 3.8) is 0 Å². The van der Waals surface area contributed by atoms with E-state index in [0.29, 0.717) is 22.5 Å². The van der Waals surface area contributed by atoms with Gasteiger partial charge < -0.3 is 4.74 Å². The maximum atomic E-state index is 8.97. The normalized spacial score (nSPS) is 10.7. The molecule has 0 radical (unpaired) electrons. The molecule has 3 rings (SSSR count). The number of imidazole rings is 1. The summed E-state index contributed by atoms with van der Waals surface area (Å²) in [4.78, 5) is 5.37. The van der Waals surface area contributed by atoms with Crippen molar-refractivity contribution in [3.8, 4) is 17.7 Å². The number of nitriles is 1. The van der Waals surface area contributed by atoms with E-state index in [1.165, 1.54) is 0 Å². The lowest BCUT2D eigenvalue weighted by Crippen LogP contribution is -1.93. The Morgan fingerprint density at radius 3 is 3.10 bits per heavy atom. The Balaban J connectivity index is 2.05. The smallest absolute Gasteiger partial charge is 0.243 e. The van der Waals surface area contributed by atoms with Gasteiger partial charge in [0, 0.05) is 16.9 Å². The molecule has 0 spiro atoms. The highest BCUT2D eigenvalue weighted by atomic mass is 79.9. The van der Waals surface area contributed by atoms with Crippen LogP contribution in [0.2, 0.25) is 0 Å². The minimum Gasteiger partial charge on any atom is -0.437 e. The van der Waals surface area contributed by atoms with Gasteiger partial charge in [0.1, 0.15) is 5.75 Å². The molecule has 4 nitrogen and oxygen atoms in total. The van der Waals surface area contributed by atoms with Gasteiger partial charge in [0.25, 0.3) is 0 Å². The minimum atomic E-state index is 0.576. The molecule has 1 aromatic carbocycles. The summed E-state index contributed by atoms with van der Waals surface area (Å²) in [5.74, 6) is 1.24. The van der Waals surface area contributed by atoms with Crippen molar-refractivity contribution >= 4 is 32.2 Å². The van der Waals surface area contributed by atoms with E-state index in [2.05, 4.69) is 27.0 Å². The topological polar surface area (TPSA) is 50.3 Å². The molecule has 0 saturated carbocycles. The Morgan fingerprint density at radius 2 is 2.35 bits per heavy atom. The van der Waals surface area contributed by atoms with Gasteiger partial charge in [-0.15, -0.1) is 11.3 Å². The average molecular weight is 348 g/mol. The number of ether oxygens (including phenoxy) is 1. The van der Waals surface area contributed by atoms with Gasteiger partial charge in [0.2, 0.25) is 5.88 Å². The lowest BCUT2D eigenvalue weighted by molar-refractivity contribution is 0.458. The second-order valence-electron chi connectivity index (χ2n) is 4.25. The number of rotatable bonds is 3. The van der Waals surface area contributed by atoms with Crippen LogP contribution in [0.3, 0.4) is 0 Å². The SMILES string of the molecule is Cc1ccc(C#N)cc1Oc1nc2sccn2c1CBr. The van der Waals surface area contributed by atoms with E-state index < -0.39 is 0 Å². The number of hydrogen-bond acceptors (Lipinski definition) is 4. The lowest BCUT2D eigenvalue weighted by atomic mass is 10.1. The summed E-state index contributed by atoms with van der Waals surface area (Å²) in [5, 5.41) is 11.6. The van der Waals surface area contributed by atoms with Crippen LogP contribution in [0.4, 0.5) is 0 Å². The molecule has 20 heavy (non-hydrogen) atoms. The van der Waals surface area contributed by atoms with Gasteiger partial charge in [-0.3, -0.25) is 4.40 Å². The van der Waals surface area contributed by atoms with Crippen molar-refractivity contribution < 1.29 is 4.74 Å². The fourth-order valence-corrected chi connectivity index (χ4v) is 3.13. The highest BCUT2D eigenvalue weighted by molar-refractivity contribution is 9.08. The average Bonchev–Trinajstić information content (AvgIpc) is 3.01. The van der Waals surface area contributed by atoms with E-state index in [0.717, 1.165) is 16.2 Å². The number of aromatic nitrogens is 2. The van der Waals surface area contributed by atoms with Crippen LogP contribution < -0.4 is 4.74 Å². The van der Waals surface area contributed by atoms with E-state index in [-0.39, 0.29) is 0 Å². The molecule has 6 heteroatoms. The molecule has 0 saturated heterocycles. The maximum absolute atomic E-state index is 8.97. The molecule has 0 aliphatic carbocycles. The summed E-state index contributed by atoms with van der Waals surface area (Å²) in [6.45, 7) is 1.95. The highest BCUT2D eigenvalue weighted by Crippen LogP contribution is 2.31.